The summed E-state index contributed by atoms with van der Waals surface area (Å²) in [7, 11) is 1.75. The quantitative estimate of drug-likeness (QED) is 0.696. The fourth-order valence-electron chi connectivity index (χ4n) is 5.51. The molecule has 0 aliphatic carbocycles. The lowest BCUT2D eigenvalue weighted by atomic mass is 9.80. The van der Waals surface area contributed by atoms with Crippen molar-refractivity contribution in [2.75, 3.05) is 20.3 Å². The maximum atomic E-state index is 10.4. The molecule has 2 aliphatic heterocycles. The summed E-state index contributed by atoms with van der Waals surface area (Å²) in [5.74, 6) is 0. The normalized spacial score (nSPS) is 29.1. The Morgan fingerprint density at radius 2 is 1.04 bits per heavy atom. The molecule has 0 atom stereocenters. The van der Waals surface area contributed by atoms with Gasteiger partial charge in [-0.3, -0.25) is 0 Å². The molecule has 0 radical (unpaired) electrons. The van der Waals surface area contributed by atoms with E-state index in [0.717, 1.165) is 25.7 Å². The van der Waals surface area contributed by atoms with Crippen molar-refractivity contribution in [3.63, 3.8) is 0 Å². The molecule has 0 aromatic carbocycles. The zero-order valence-corrected chi connectivity index (χ0v) is 19.0. The molecule has 0 aromatic heterocycles. The van der Waals surface area contributed by atoms with E-state index in [1.165, 1.54) is 5.06 Å². The van der Waals surface area contributed by atoms with Crippen molar-refractivity contribution >= 4 is 0 Å². The lowest BCUT2D eigenvalue weighted by Crippen LogP contribution is -2.61. The third kappa shape index (κ3) is 5.22. The fraction of sp³-hybridized carbons (Fsp3) is 1.00. The van der Waals surface area contributed by atoms with E-state index in [0.29, 0.717) is 13.2 Å². The van der Waals surface area contributed by atoms with Crippen molar-refractivity contribution in [3.05, 3.63) is 0 Å². The average Bonchev–Trinajstić information content (AvgIpc) is 2.46. The van der Waals surface area contributed by atoms with Crippen molar-refractivity contribution < 1.29 is 19.5 Å². The SMILES string of the molecule is CON1C(C)(C)CC(OCCOC2CC(C)(C)N(O)C(C)(C)C2)CC1(C)C. The summed E-state index contributed by atoms with van der Waals surface area (Å²) < 4.78 is 12.3. The van der Waals surface area contributed by atoms with E-state index in [9.17, 15) is 5.21 Å². The van der Waals surface area contributed by atoms with Crippen LogP contribution in [0.15, 0.2) is 0 Å². The van der Waals surface area contributed by atoms with Gasteiger partial charge in [-0.05, 0) is 81.1 Å². The molecule has 0 amide bonds. The maximum absolute atomic E-state index is 10.4. The number of ether oxygens (including phenoxy) is 2. The summed E-state index contributed by atoms with van der Waals surface area (Å²) in [5.41, 5.74) is -0.698. The molecule has 2 fully saturated rings. The van der Waals surface area contributed by atoms with Gasteiger partial charge in [0.15, 0.2) is 0 Å². The zero-order chi connectivity index (χ0) is 20.7. The lowest BCUT2D eigenvalue weighted by molar-refractivity contribution is -0.281. The number of piperidine rings is 2. The van der Waals surface area contributed by atoms with Crippen LogP contribution in [-0.4, -0.2) is 70.0 Å². The van der Waals surface area contributed by atoms with E-state index in [4.69, 9.17) is 14.3 Å². The molecule has 2 heterocycles. The Hall–Kier alpha value is -0.240. The second-order valence-electron chi connectivity index (χ2n) is 10.8. The van der Waals surface area contributed by atoms with E-state index in [1.54, 1.807) is 7.11 Å². The summed E-state index contributed by atoms with van der Waals surface area (Å²) in [6.07, 6.45) is 3.86. The van der Waals surface area contributed by atoms with Gasteiger partial charge in [0.05, 0.1) is 32.5 Å². The molecular formula is C21H42N2O4. The van der Waals surface area contributed by atoms with Crippen LogP contribution in [0.2, 0.25) is 0 Å². The highest BCUT2D eigenvalue weighted by atomic mass is 16.7. The van der Waals surface area contributed by atoms with Gasteiger partial charge in [0.1, 0.15) is 0 Å². The highest BCUT2D eigenvalue weighted by molar-refractivity contribution is 4.98. The van der Waals surface area contributed by atoms with Gasteiger partial charge in [0, 0.05) is 22.2 Å². The standard InChI is InChI=1S/C21H42N2O4/c1-18(2)12-16(13-19(3,4)22(18)24)26-10-11-27-17-14-20(5,6)23(25-9)21(7,8)15-17/h16-17,24H,10-15H2,1-9H3. The number of nitrogens with zero attached hydrogens (tertiary/aromatic N) is 2. The second-order valence-corrected chi connectivity index (χ2v) is 10.8. The summed E-state index contributed by atoms with van der Waals surface area (Å²) in [6, 6.07) is 0. The molecule has 2 rings (SSSR count). The first-order chi connectivity index (χ1) is 12.2. The second kappa shape index (κ2) is 7.88. The van der Waals surface area contributed by atoms with Gasteiger partial charge in [-0.25, -0.2) is 0 Å². The first-order valence-corrected chi connectivity index (χ1v) is 10.3. The predicted molar refractivity (Wildman–Crippen MR) is 107 cm³/mol. The number of rotatable bonds is 6. The summed E-state index contributed by atoms with van der Waals surface area (Å²) in [4.78, 5) is 5.65. The average molecular weight is 387 g/mol. The van der Waals surface area contributed by atoms with Crippen LogP contribution in [0.1, 0.15) is 81.1 Å². The van der Waals surface area contributed by atoms with Crippen molar-refractivity contribution in [3.8, 4) is 0 Å². The molecule has 160 valence electrons. The number of hydrogen-bond donors (Lipinski definition) is 1. The lowest BCUT2D eigenvalue weighted by Gasteiger charge is -2.53. The highest BCUT2D eigenvalue weighted by Gasteiger charge is 2.47. The Balaban J connectivity index is 1.82. The first kappa shape index (κ1) is 23.0. The van der Waals surface area contributed by atoms with E-state index >= 15 is 0 Å². The molecule has 1 N–H and O–H groups in total. The Kier molecular flexibility index (Phi) is 6.73. The Morgan fingerprint density at radius 3 is 1.37 bits per heavy atom. The summed E-state index contributed by atoms with van der Waals surface area (Å²) >= 11 is 0. The van der Waals surface area contributed by atoms with Gasteiger partial charge in [0.25, 0.3) is 0 Å². The molecule has 27 heavy (non-hydrogen) atoms. The molecule has 0 unspecified atom stereocenters. The van der Waals surface area contributed by atoms with Gasteiger partial charge < -0.3 is 19.5 Å². The number of hydrogen-bond acceptors (Lipinski definition) is 6. The minimum Gasteiger partial charge on any atom is -0.376 e. The summed E-state index contributed by atoms with van der Waals surface area (Å²) in [6.45, 7) is 18.3. The third-order valence-electron chi connectivity index (χ3n) is 6.13. The molecule has 2 aliphatic rings. The molecular weight excluding hydrogens is 344 g/mol. The molecule has 0 spiro atoms. The monoisotopic (exact) mass is 386 g/mol. The van der Waals surface area contributed by atoms with Gasteiger partial charge in [0.2, 0.25) is 0 Å². The smallest absolute Gasteiger partial charge is 0.0704 e. The molecule has 0 bridgehead atoms. The molecule has 2 saturated heterocycles. The van der Waals surface area contributed by atoms with Gasteiger partial charge in [-0.15, -0.1) is 0 Å². The van der Waals surface area contributed by atoms with Crippen LogP contribution in [0, 0.1) is 0 Å². The van der Waals surface area contributed by atoms with Gasteiger partial charge in [-0.1, -0.05) is 0 Å². The van der Waals surface area contributed by atoms with Crippen molar-refractivity contribution in [1.29, 1.82) is 0 Å². The highest BCUT2D eigenvalue weighted by Crippen LogP contribution is 2.40. The van der Waals surface area contributed by atoms with Crippen molar-refractivity contribution in [2.45, 2.75) is 115 Å². The topological polar surface area (TPSA) is 54.4 Å². The number of hydroxylamine groups is 4. The van der Waals surface area contributed by atoms with Crippen LogP contribution in [0.4, 0.5) is 0 Å². The third-order valence-corrected chi connectivity index (χ3v) is 6.13. The van der Waals surface area contributed by atoms with Crippen LogP contribution in [0.3, 0.4) is 0 Å². The first-order valence-electron chi connectivity index (χ1n) is 10.3. The summed E-state index contributed by atoms with van der Waals surface area (Å²) in [5, 5.41) is 14.0. The minimum atomic E-state index is -0.283. The van der Waals surface area contributed by atoms with Crippen LogP contribution >= 0.6 is 0 Å². The van der Waals surface area contributed by atoms with E-state index in [-0.39, 0.29) is 34.4 Å². The zero-order valence-electron chi connectivity index (χ0n) is 19.0. The Labute approximate surface area is 166 Å². The molecule has 6 nitrogen and oxygen atoms in total. The van der Waals surface area contributed by atoms with Gasteiger partial charge in [-0.2, -0.15) is 10.1 Å². The van der Waals surface area contributed by atoms with Crippen LogP contribution in [0.5, 0.6) is 0 Å². The molecule has 0 aromatic rings. The van der Waals surface area contributed by atoms with Gasteiger partial charge >= 0.3 is 0 Å². The Bertz CT molecular complexity index is 468. The predicted octanol–water partition coefficient (Wildman–Crippen LogP) is 4.01. The van der Waals surface area contributed by atoms with E-state index in [2.05, 4.69) is 60.5 Å². The molecule has 0 saturated carbocycles. The Morgan fingerprint density at radius 1 is 0.704 bits per heavy atom. The maximum Gasteiger partial charge on any atom is 0.0704 e. The van der Waals surface area contributed by atoms with Crippen molar-refractivity contribution in [2.24, 2.45) is 0 Å². The van der Waals surface area contributed by atoms with E-state index < -0.39 is 0 Å². The largest absolute Gasteiger partial charge is 0.376 e. The fourth-order valence-corrected chi connectivity index (χ4v) is 5.51. The van der Waals surface area contributed by atoms with Crippen LogP contribution in [0.25, 0.3) is 0 Å². The van der Waals surface area contributed by atoms with Crippen LogP contribution in [-0.2, 0) is 14.3 Å². The molecule has 6 heteroatoms. The van der Waals surface area contributed by atoms with Crippen molar-refractivity contribution in [1.82, 2.24) is 10.1 Å². The minimum absolute atomic E-state index is 0.0654. The van der Waals surface area contributed by atoms with E-state index in [1.807, 2.05) is 0 Å². The van der Waals surface area contributed by atoms with Crippen LogP contribution < -0.4 is 0 Å².